The van der Waals surface area contributed by atoms with E-state index in [4.69, 9.17) is 5.26 Å². The molecule has 1 aromatic carbocycles. The van der Waals surface area contributed by atoms with Crippen LogP contribution in [0.15, 0.2) is 18.2 Å². The normalized spacial score (nSPS) is 20.7. The number of hydrogen-bond acceptors (Lipinski definition) is 3. The number of nitrogens with zero attached hydrogens (tertiary/aromatic N) is 1. The van der Waals surface area contributed by atoms with Crippen LogP contribution in [-0.2, 0) is 4.79 Å². The van der Waals surface area contributed by atoms with Crippen LogP contribution >= 0.6 is 0 Å². The summed E-state index contributed by atoms with van der Waals surface area (Å²) in [5.41, 5.74) is 1.98. The highest BCUT2D eigenvalue weighted by Crippen LogP contribution is 2.40. The van der Waals surface area contributed by atoms with Crippen LogP contribution in [0.3, 0.4) is 0 Å². The molecule has 2 aliphatic rings. The first-order valence-corrected chi connectivity index (χ1v) is 6.83. The summed E-state index contributed by atoms with van der Waals surface area (Å²) in [6.45, 7) is 0.667. The first-order chi connectivity index (χ1) is 9.23. The second-order valence-electron chi connectivity index (χ2n) is 5.52. The number of benzene rings is 1. The Morgan fingerprint density at radius 1 is 1.16 bits per heavy atom. The van der Waals surface area contributed by atoms with Crippen molar-refractivity contribution >= 4 is 17.3 Å². The van der Waals surface area contributed by atoms with Crippen molar-refractivity contribution in [1.29, 1.82) is 5.26 Å². The maximum atomic E-state index is 12.5. The topological polar surface area (TPSA) is 64.9 Å². The lowest BCUT2D eigenvalue weighted by molar-refractivity contribution is -0.126. The van der Waals surface area contributed by atoms with Gasteiger partial charge in [-0.05, 0) is 31.0 Å². The molecule has 1 aromatic rings. The molecule has 0 radical (unpaired) electrons. The molecule has 0 atom stereocenters. The van der Waals surface area contributed by atoms with Gasteiger partial charge in [-0.1, -0.05) is 19.3 Å². The number of carbonyl (C=O) groups excluding carboxylic acids is 1. The predicted octanol–water partition coefficient (Wildman–Crippen LogP) is 2.87. The van der Waals surface area contributed by atoms with Crippen molar-refractivity contribution in [2.24, 2.45) is 5.41 Å². The van der Waals surface area contributed by atoms with Crippen molar-refractivity contribution in [3.05, 3.63) is 23.8 Å². The molecule has 98 valence electrons. The van der Waals surface area contributed by atoms with E-state index in [2.05, 4.69) is 16.7 Å². The number of nitriles is 1. The summed E-state index contributed by atoms with van der Waals surface area (Å²) in [5, 5.41) is 15.3. The van der Waals surface area contributed by atoms with E-state index in [1.54, 1.807) is 18.2 Å². The quantitative estimate of drug-likeness (QED) is 0.749. The maximum Gasteiger partial charge on any atom is 0.232 e. The Morgan fingerprint density at radius 3 is 2.68 bits per heavy atom. The molecule has 1 aliphatic heterocycles. The fourth-order valence-corrected chi connectivity index (χ4v) is 3.10. The molecular formula is C15H17N3O. The van der Waals surface area contributed by atoms with Crippen molar-refractivity contribution in [3.63, 3.8) is 0 Å². The van der Waals surface area contributed by atoms with Gasteiger partial charge in [0.25, 0.3) is 0 Å². The highest BCUT2D eigenvalue weighted by molar-refractivity contribution is 6.00. The van der Waals surface area contributed by atoms with Gasteiger partial charge >= 0.3 is 0 Å². The van der Waals surface area contributed by atoms with E-state index in [0.717, 1.165) is 37.1 Å². The zero-order valence-electron chi connectivity index (χ0n) is 10.8. The highest BCUT2D eigenvalue weighted by Gasteiger charge is 2.41. The minimum Gasteiger partial charge on any atom is -0.382 e. The summed E-state index contributed by atoms with van der Waals surface area (Å²) in [4.78, 5) is 12.5. The summed E-state index contributed by atoms with van der Waals surface area (Å²) < 4.78 is 0. The van der Waals surface area contributed by atoms with Gasteiger partial charge in [0.15, 0.2) is 0 Å². The van der Waals surface area contributed by atoms with Crippen LogP contribution < -0.4 is 10.6 Å². The molecule has 1 fully saturated rings. The average molecular weight is 255 g/mol. The molecule has 0 unspecified atom stereocenters. The van der Waals surface area contributed by atoms with Crippen molar-refractivity contribution < 1.29 is 4.79 Å². The molecule has 3 rings (SSSR count). The lowest BCUT2D eigenvalue weighted by Gasteiger charge is -2.34. The van der Waals surface area contributed by atoms with E-state index >= 15 is 0 Å². The Hall–Kier alpha value is -2.02. The Labute approximate surface area is 112 Å². The fraction of sp³-hybridized carbons (Fsp3) is 0.467. The number of fused-ring (bicyclic) bond motifs is 1. The first-order valence-electron chi connectivity index (χ1n) is 6.83. The van der Waals surface area contributed by atoms with Gasteiger partial charge in [-0.15, -0.1) is 0 Å². The van der Waals surface area contributed by atoms with E-state index < -0.39 is 0 Å². The van der Waals surface area contributed by atoms with Crippen molar-refractivity contribution in [3.8, 4) is 6.07 Å². The Bertz CT molecular complexity index is 553. The molecule has 1 heterocycles. The van der Waals surface area contributed by atoms with Crippen LogP contribution in [0.4, 0.5) is 11.4 Å². The monoisotopic (exact) mass is 255 g/mol. The third-order valence-corrected chi connectivity index (χ3v) is 4.31. The summed E-state index contributed by atoms with van der Waals surface area (Å²) in [6, 6.07) is 7.47. The van der Waals surface area contributed by atoms with Gasteiger partial charge in [-0.3, -0.25) is 4.79 Å². The molecule has 1 amide bonds. The molecule has 1 saturated carbocycles. The van der Waals surface area contributed by atoms with Crippen LogP contribution in [-0.4, -0.2) is 12.5 Å². The van der Waals surface area contributed by atoms with Gasteiger partial charge in [-0.25, -0.2) is 0 Å². The number of amides is 1. The van der Waals surface area contributed by atoms with Gasteiger partial charge in [0.1, 0.15) is 0 Å². The Kier molecular flexibility index (Phi) is 2.90. The van der Waals surface area contributed by atoms with Gasteiger partial charge < -0.3 is 10.6 Å². The van der Waals surface area contributed by atoms with Crippen LogP contribution in [0.1, 0.15) is 37.7 Å². The lowest BCUT2D eigenvalue weighted by Crippen LogP contribution is -2.41. The van der Waals surface area contributed by atoms with Crippen molar-refractivity contribution in [1.82, 2.24) is 0 Å². The molecule has 19 heavy (non-hydrogen) atoms. The maximum absolute atomic E-state index is 12.5. The molecule has 4 heteroatoms. The third kappa shape index (κ3) is 2.06. The van der Waals surface area contributed by atoms with Gasteiger partial charge in [0.05, 0.1) is 28.4 Å². The summed E-state index contributed by atoms with van der Waals surface area (Å²) >= 11 is 0. The molecule has 4 nitrogen and oxygen atoms in total. The van der Waals surface area contributed by atoms with Crippen LogP contribution in [0.25, 0.3) is 0 Å². The van der Waals surface area contributed by atoms with Crippen molar-refractivity contribution in [2.75, 3.05) is 17.2 Å². The molecular weight excluding hydrogens is 238 g/mol. The number of hydrogen-bond donors (Lipinski definition) is 2. The second kappa shape index (κ2) is 4.58. The first kappa shape index (κ1) is 12.0. The molecule has 1 spiro atoms. The predicted molar refractivity (Wildman–Crippen MR) is 73.8 cm³/mol. The summed E-state index contributed by atoms with van der Waals surface area (Å²) in [6.07, 6.45) is 5.36. The van der Waals surface area contributed by atoms with Gasteiger partial charge in [-0.2, -0.15) is 5.26 Å². The third-order valence-electron chi connectivity index (χ3n) is 4.31. The van der Waals surface area contributed by atoms with Crippen LogP contribution in [0.2, 0.25) is 0 Å². The van der Waals surface area contributed by atoms with Crippen LogP contribution in [0.5, 0.6) is 0 Å². The SMILES string of the molecule is N#Cc1ccc2c(c1)NCC1(CCCCC1)C(=O)N2. The second-order valence-corrected chi connectivity index (χ2v) is 5.52. The summed E-state index contributed by atoms with van der Waals surface area (Å²) in [7, 11) is 0. The smallest absolute Gasteiger partial charge is 0.232 e. The van der Waals surface area contributed by atoms with E-state index in [1.165, 1.54) is 6.42 Å². The van der Waals surface area contributed by atoms with E-state index in [9.17, 15) is 4.79 Å². The minimum absolute atomic E-state index is 0.128. The molecule has 1 aliphatic carbocycles. The highest BCUT2D eigenvalue weighted by atomic mass is 16.2. The molecule has 2 N–H and O–H groups in total. The molecule has 0 bridgehead atoms. The lowest BCUT2D eigenvalue weighted by atomic mass is 9.73. The van der Waals surface area contributed by atoms with Gasteiger partial charge in [0, 0.05) is 6.54 Å². The molecule has 0 saturated heterocycles. The average Bonchev–Trinajstić information content (AvgIpc) is 2.58. The number of carbonyl (C=O) groups is 1. The zero-order valence-corrected chi connectivity index (χ0v) is 10.8. The number of rotatable bonds is 0. The van der Waals surface area contributed by atoms with E-state index in [-0.39, 0.29) is 11.3 Å². The number of anilines is 2. The fourth-order valence-electron chi connectivity index (χ4n) is 3.10. The number of nitrogens with one attached hydrogen (secondary N) is 2. The Morgan fingerprint density at radius 2 is 1.95 bits per heavy atom. The van der Waals surface area contributed by atoms with Gasteiger partial charge in [0.2, 0.25) is 5.91 Å². The van der Waals surface area contributed by atoms with E-state index in [0.29, 0.717) is 12.1 Å². The zero-order chi connectivity index (χ0) is 13.3. The van der Waals surface area contributed by atoms with E-state index in [1.807, 2.05) is 0 Å². The largest absolute Gasteiger partial charge is 0.382 e. The van der Waals surface area contributed by atoms with Crippen LogP contribution in [0, 0.1) is 16.7 Å². The Balaban J connectivity index is 1.92. The molecule has 0 aromatic heterocycles. The van der Waals surface area contributed by atoms with Crippen molar-refractivity contribution in [2.45, 2.75) is 32.1 Å². The standard InChI is InChI=1S/C15H17N3O/c16-9-11-4-5-12-13(8-11)17-10-15(14(19)18-12)6-2-1-3-7-15/h4-5,8,17H,1-3,6-7,10H2,(H,18,19). The summed E-state index contributed by atoms with van der Waals surface area (Å²) in [5.74, 6) is 0.128. The minimum atomic E-state index is -0.274.